The number of hydrazone groups is 1. The van der Waals surface area contributed by atoms with Crippen LogP contribution in [0.15, 0.2) is 47.6 Å². The van der Waals surface area contributed by atoms with Crippen molar-refractivity contribution in [2.24, 2.45) is 5.10 Å². The highest BCUT2D eigenvalue weighted by atomic mass is 35.5. The molecule has 5 heteroatoms. The smallest absolute Gasteiger partial charge is 0.288 e. The number of benzene rings is 2. The molecule has 0 bridgehead atoms. The fraction of sp³-hybridized carbons (Fsp3) is 0.200. The van der Waals surface area contributed by atoms with Gasteiger partial charge < -0.3 is 4.98 Å². The van der Waals surface area contributed by atoms with E-state index < -0.39 is 0 Å². The Morgan fingerprint density at radius 3 is 2.60 bits per heavy atom. The van der Waals surface area contributed by atoms with Gasteiger partial charge in [-0.1, -0.05) is 42.8 Å². The number of amides is 1. The van der Waals surface area contributed by atoms with Crippen LogP contribution < -0.4 is 5.43 Å². The van der Waals surface area contributed by atoms with Crippen molar-refractivity contribution < 1.29 is 4.79 Å². The summed E-state index contributed by atoms with van der Waals surface area (Å²) in [5, 5.41) is 5.81. The predicted octanol–water partition coefficient (Wildman–Crippen LogP) is 4.85. The summed E-state index contributed by atoms with van der Waals surface area (Å²) in [6, 6.07) is 13.7. The van der Waals surface area contributed by atoms with E-state index in [1.54, 1.807) is 6.07 Å². The van der Waals surface area contributed by atoms with E-state index >= 15 is 0 Å². The molecule has 1 aromatic heterocycles. The lowest BCUT2D eigenvalue weighted by Gasteiger charge is -2.04. The molecule has 0 radical (unpaired) electrons. The van der Waals surface area contributed by atoms with Gasteiger partial charge in [0.05, 0.1) is 5.71 Å². The summed E-state index contributed by atoms with van der Waals surface area (Å²) >= 11 is 6.04. The second kappa shape index (κ2) is 7.11. The fourth-order valence-corrected chi connectivity index (χ4v) is 2.93. The molecule has 0 aliphatic carbocycles. The van der Waals surface area contributed by atoms with Crippen molar-refractivity contribution in [3.63, 3.8) is 0 Å². The number of aryl methyl sites for hydroxylation is 2. The molecule has 0 saturated heterocycles. The summed E-state index contributed by atoms with van der Waals surface area (Å²) in [5.41, 5.74) is 7.87. The number of nitrogens with one attached hydrogen (secondary N) is 2. The molecule has 0 spiro atoms. The van der Waals surface area contributed by atoms with E-state index in [2.05, 4.69) is 34.6 Å². The first-order valence-electron chi connectivity index (χ1n) is 8.21. The molecule has 0 aliphatic heterocycles. The van der Waals surface area contributed by atoms with Crippen LogP contribution >= 0.6 is 11.6 Å². The van der Waals surface area contributed by atoms with Crippen LogP contribution in [0.4, 0.5) is 0 Å². The largest absolute Gasteiger partial charge is 0.350 e. The number of H-pyrrole nitrogens is 1. The zero-order chi connectivity index (χ0) is 18.0. The Kier molecular flexibility index (Phi) is 4.91. The molecule has 25 heavy (non-hydrogen) atoms. The summed E-state index contributed by atoms with van der Waals surface area (Å²) in [7, 11) is 0. The minimum absolute atomic E-state index is 0.269. The summed E-state index contributed by atoms with van der Waals surface area (Å²) < 4.78 is 0. The lowest BCUT2D eigenvalue weighted by atomic mass is 10.1. The van der Waals surface area contributed by atoms with Crippen LogP contribution in [0, 0.1) is 6.92 Å². The molecule has 1 heterocycles. The third-order valence-electron chi connectivity index (χ3n) is 4.35. The van der Waals surface area contributed by atoms with E-state index in [0.717, 1.165) is 34.2 Å². The Bertz CT molecular complexity index is 955. The van der Waals surface area contributed by atoms with Gasteiger partial charge in [0, 0.05) is 15.9 Å². The van der Waals surface area contributed by atoms with Crippen LogP contribution in [0.5, 0.6) is 0 Å². The van der Waals surface area contributed by atoms with E-state index in [1.807, 2.05) is 38.1 Å². The Hall–Kier alpha value is -2.59. The van der Waals surface area contributed by atoms with E-state index in [9.17, 15) is 4.79 Å². The van der Waals surface area contributed by atoms with E-state index in [-0.39, 0.29) is 5.91 Å². The number of carbonyl (C=O) groups is 1. The zero-order valence-corrected chi connectivity index (χ0v) is 15.2. The third-order valence-corrected chi connectivity index (χ3v) is 4.59. The normalized spacial score (nSPS) is 11.8. The SMILES string of the molecule is CCc1ccc(C(C)=NNC(=O)c2[nH]c3ccc(Cl)cc3c2C)cc1. The number of carbonyl (C=O) groups excluding carboxylic acids is 1. The Morgan fingerprint density at radius 2 is 1.92 bits per heavy atom. The molecule has 3 aromatic rings. The van der Waals surface area contributed by atoms with E-state index in [0.29, 0.717) is 10.7 Å². The molecule has 0 unspecified atom stereocenters. The minimum atomic E-state index is -0.269. The maximum Gasteiger partial charge on any atom is 0.288 e. The van der Waals surface area contributed by atoms with Gasteiger partial charge in [-0.2, -0.15) is 5.10 Å². The molecule has 4 nitrogen and oxygen atoms in total. The van der Waals surface area contributed by atoms with E-state index in [4.69, 9.17) is 11.6 Å². The van der Waals surface area contributed by atoms with Crippen molar-refractivity contribution in [1.82, 2.24) is 10.4 Å². The number of halogens is 1. The van der Waals surface area contributed by atoms with Crippen molar-refractivity contribution in [2.75, 3.05) is 0 Å². The van der Waals surface area contributed by atoms with Crippen molar-refractivity contribution >= 4 is 34.1 Å². The second-order valence-corrected chi connectivity index (χ2v) is 6.44. The van der Waals surface area contributed by atoms with Gasteiger partial charge in [0.1, 0.15) is 5.69 Å². The highest BCUT2D eigenvalue weighted by Crippen LogP contribution is 2.24. The van der Waals surface area contributed by atoms with E-state index in [1.165, 1.54) is 5.56 Å². The molecule has 0 fully saturated rings. The Morgan fingerprint density at radius 1 is 1.20 bits per heavy atom. The molecule has 0 saturated carbocycles. The average molecular weight is 354 g/mol. The standard InChI is InChI=1S/C20H20ClN3O/c1-4-14-5-7-15(8-6-14)13(3)23-24-20(25)19-12(2)17-11-16(21)9-10-18(17)22-19/h5-11,22H,4H2,1-3H3,(H,24,25). The molecular formula is C20H20ClN3O. The topological polar surface area (TPSA) is 57.2 Å². The number of rotatable bonds is 4. The van der Waals surface area contributed by atoms with Gasteiger partial charge in [-0.15, -0.1) is 0 Å². The van der Waals surface area contributed by atoms with Gasteiger partial charge in [0.2, 0.25) is 0 Å². The zero-order valence-electron chi connectivity index (χ0n) is 14.5. The average Bonchev–Trinajstić information content (AvgIpc) is 2.96. The van der Waals surface area contributed by atoms with Gasteiger partial charge in [-0.05, 0) is 55.2 Å². The predicted molar refractivity (Wildman–Crippen MR) is 104 cm³/mol. The van der Waals surface area contributed by atoms with Gasteiger partial charge in [0.15, 0.2) is 0 Å². The number of hydrogen-bond acceptors (Lipinski definition) is 2. The molecule has 128 valence electrons. The van der Waals surface area contributed by atoms with Crippen LogP contribution in [-0.2, 0) is 6.42 Å². The number of hydrogen-bond donors (Lipinski definition) is 2. The third kappa shape index (κ3) is 3.59. The quantitative estimate of drug-likeness (QED) is 0.511. The van der Waals surface area contributed by atoms with Gasteiger partial charge in [-0.3, -0.25) is 4.79 Å². The molecular weight excluding hydrogens is 334 g/mol. The Labute approximate surface area is 151 Å². The van der Waals surface area contributed by atoms with Gasteiger partial charge in [-0.25, -0.2) is 5.43 Å². The molecule has 2 N–H and O–H groups in total. The van der Waals surface area contributed by atoms with Crippen molar-refractivity contribution in [3.05, 3.63) is 69.9 Å². The summed E-state index contributed by atoms with van der Waals surface area (Å²) in [4.78, 5) is 15.6. The second-order valence-electron chi connectivity index (χ2n) is 6.00. The van der Waals surface area contributed by atoms with Crippen LogP contribution in [0.3, 0.4) is 0 Å². The van der Waals surface area contributed by atoms with Crippen LogP contribution in [0.2, 0.25) is 5.02 Å². The van der Waals surface area contributed by atoms with Gasteiger partial charge >= 0.3 is 0 Å². The van der Waals surface area contributed by atoms with Crippen molar-refractivity contribution in [3.8, 4) is 0 Å². The maximum atomic E-state index is 12.5. The van der Waals surface area contributed by atoms with Crippen LogP contribution in [0.25, 0.3) is 10.9 Å². The highest BCUT2D eigenvalue weighted by Gasteiger charge is 2.14. The van der Waals surface area contributed by atoms with Crippen LogP contribution in [-0.4, -0.2) is 16.6 Å². The Balaban J connectivity index is 1.80. The first kappa shape index (κ1) is 17.2. The molecule has 2 aromatic carbocycles. The number of nitrogens with zero attached hydrogens (tertiary/aromatic N) is 1. The van der Waals surface area contributed by atoms with Crippen molar-refractivity contribution in [2.45, 2.75) is 27.2 Å². The molecule has 0 atom stereocenters. The number of fused-ring (bicyclic) bond motifs is 1. The maximum absolute atomic E-state index is 12.5. The molecule has 0 aliphatic rings. The summed E-state index contributed by atoms with van der Waals surface area (Å²) in [6.45, 7) is 5.88. The minimum Gasteiger partial charge on any atom is -0.350 e. The number of aromatic amines is 1. The highest BCUT2D eigenvalue weighted by molar-refractivity contribution is 6.31. The van der Waals surface area contributed by atoms with Crippen LogP contribution in [0.1, 0.15) is 41.0 Å². The summed E-state index contributed by atoms with van der Waals surface area (Å²) in [6.07, 6.45) is 0.997. The fourth-order valence-electron chi connectivity index (χ4n) is 2.76. The first-order chi connectivity index (χ1) is 12.0. The lowest BCUT2D eigenvalue weighted by Crippen LogP contribution is -2.20. The first-order valence-corrected chi connectivity index (χ1v) is 8.59. The molecule has 3 rings (SSSR count). The molecule has 1 amide bonds. The number of aromatic nitrogens is 1. The summed E-state index contributed by atoms with van der Waals surface area (Å²) in [5.74, 6) is -0.269. The lowest BCUT2D eigenvalue weighted by molar-refractivity contribution is 0.0950. The van der Waals surface area contributed by atoms with Crippen molar-refractivity contribution in [1.29, 1.82) is 0 Å². The van der Waals surface area contributed by atoms with Gasteiger partial charge in [0.25, 0.3) is 5.91 Å². The monoisotopic (exact) mass is 353 g/mol.